The predicted molar refractivity (Wildman–Crippen MR) is 91.2 cm³/mol. The van der Waals surface area contributed by atoms with Crippen molar-refractivity contribution in [1.29, 1.82) is 0 Å². The average molecular weight is 353 g/mol. The van der Waals surface area contributed by atoms with Gasteiger partial charge in [-0.25, -0.2) is 4.98 Å². The molecule has 2 aliphatic heterocycles. The zero-order chi connectivity index (χ0) is 17.9. The van der Waals surface area contributed by atoms with Gasteiger partial charge >= 0.3 is 0 Å². The minimum atomic E-state index is -0.129. The molecular weight excluding hydrogens is 334 g/mol. The Bertz CT molecular complexity index is 786. The van der Waals surface area contributed by atoms with Crippen LogP contribution >= 0.6 is 0 Å². The molecule has 8 nitrogen and oxygen atoms in total. The molecule has 0 radical (unpaired) electrons. The Kier molecular flexibility index (Phi) is 4.57. The van der Waals surface area contributed by atoms with Crippen molar-refractivity contribution in [3.63, 3.8) is 0 Å². The molecule has 2 fully saturated rings. The van der Waals surface area contributed by atoms with E-state index in [1.807, 2.05) is 0 Å². The van der Waals surface area contributed by atoms with Gasteiger partial charge in [0.05, 0.1) is 18.9 Å². The van der Waals surface area contributed by atoms with Gasteiger partial charge < -0.3 is 15.0 Å². The SMILES string of the molecule is O=C(NC[C@H]1CO[C@@H]2CN(C(=O)c3cnccn3)C[C@H]12)c1ccncc1. The highest BCUT2D eigenvalue weighted by Gasteiger charge is 2.45. The molecule has 134 valence electrons. The van der Waals surface area contributed by atoms with E-state index in [4.69, 9.17) is 4.74 Å². The van der Waals surface area contributed by atoms with Gasteiger partial charge in [0, 0.05) is 61.8 Å². The minimum Gasteiger partial charge on any atom is -0.376 e. The van der Waals surface area contributed by atoms with Crippen molar-refractivity contribution in [1.82, 2.24) is 25.2 Å². The second-order valence-corrected chi connectivity index (χ2v) is 6.54. The van der Waals surface area contributed by atoms with Gasteiger partial charge in [-0.05, 0) is 12.1 Å². The summed E-state index contributed by atoms with van der Waals surface area (Å²) in [5.74, 6) is 0.149. The van der Waals surface area contributed by atoms with Crippen LogP contribution < -0.4 is 5.32 Å². The van der Waals surface area contributed by atoms with Crippen LogP contribution in [-0.4, -0.2) is 64.0 Å². The van der Waals surface area contributed by atoms with Gasteiger partial charge in [-0.1, -0.05) is 0 Å². The monoisotopic (exact) mass is 353 g/mol. The van der Waals surface area contributed by atoms with Crippen LogP contribution in [0.5, 0.6) is 0 Å². The zero-order valence-electron chi connectivity index (χ0n) is 14.1. The summed E-state index contributed by atoms with van der Waals surface area (Å²) >= 11 is 0. The molecule has 0 saturated carbocycles. The van der Waals surface area contributed by atoms with Crippen molar-refractivity contribution in [3.8, 4) is 0 Å². The zero-order valence-corrected chi connectivity index (χ0v) is 14.1. The largest absolute Gasteiger partial charge is 0.376 e. The van der Waals surface area contributed by atoms with E-state index in [2.05, 4.69) is 20.3 Å². The summed E-state index contributed by atoms with van der Waals surface area (Å²) in [4.78, 5) is 38.4. The third kappa shape index (κ3) is 3.28. The normalized spacial score (nSPS) is 24.3. The first-order chi connectivity index (χ1) is 12.7. The number of aromatic nitrogens is 3. The number of carbonyl (C=O) groups is 2. The van der Waals surface area contributed by atoms with E-state index in [0.29, 0.717) is 37.5 Å². The van der Waals surface area contributed by atoms with Crippen molar-refractivity contribution in [2.75, 3.05) is 26.2 Å². The van der Waals surface area contributed by atoms with Crippen LogP contribution in [0.4, 0.5) is 0 Å². The molecule has 0 bridgehead atoms. The number of hydrogen-bond acceptors (Lipinski definition) is 6. The number of hydrogen-bond donors (Lipinski definition) is 1. The molecule has 1 N–H and O–H groups in total. The molecule has 0 spiro atoms. The Morgan fingerprint density at radius 3 is 2.77 bits per heavy atom. The topological polar surface area (TPSA) is 97.3 Å². The molecule has 2 aliphatic rings. The van der Waals surface area contributed by atoms with Crippen LogP contribution in [0, 0.1) is 11.8 Å². The predicted octanol–water partition coefficient (Wildman–Crippen LogP) is 0.389. The van der Waals surface area contributed by atoms with Crippen LogP contribution in [-0.2, 0) is 4.74 Å². The van der Waals surface area contributed by atoms with E-state index < -0.39 is 0 Å². The summed E-state index contributed by atoms with van der Waals surface area (Å²) < 4.78 is 5.85. The first kappa shape index (κ1) is 16.6. The number of likely N-dealkylation sites (tertiary alicyclic amines) is 1. The second kappa shape index (κ2) is 7.17. The number of pyridine rings is 1. The van der Waals surface area contributed by atoms with E-state index in [1.54, 1.807) is 35.6 Å². The summed E-state index contributed by atoms with van der Waals surface area (Å²) in [6, 6.07) is 3.36. The number of nitrogens with zero attached hydrogens (tertiary/aromatic N) is 4. The maximum Gasteiger partial charge on any atom is 0.274 e. The Labute approximate surface area is 150 Å². The fourth-order valence-corrected chi connectivity index (χ4v) is 3.58. The van der Waals surface area contributed by atoms with Crippen LogP contribution in [0.3, 0.4) is 0 Å². The van der Waals surface area contributed by atoms with Gasteiger partial charge in [-0.2, -0.15) is 0 Å². The minimum absolute atomic E-state index is 0.0125. The fourth-order valence-electron chi connectivity index (χ4n) is 3.58. The van der Waals surface area contributed by atoms with E-state index in [0.717, 1.165) is 0 Å². The fraction of sp³-hybridized carbons (Fsp3) is 0.389. The van der Waals surface area contributed by atoms with E-state index in [1.165, 1.54) is 12.4 Å². The lowest BCUT2D eigenvalue weighted by atomic mass is 9.93. The highest BCUT2D eigenvalue weighted by molar-refractivity contribution is 5.94. The van der Waals surface area contributed by atoms with E-state index in [9.17, 15) is 9.59 Å². The summed E-state index contributed by atoms with van der Waals surface area (Å²) in [6.07, 6.45) is 7.73. The molecule has 26 heavy (non-hydrogen) atoms. The van der Waals surface area contributed by atoms with Crippen molar-refractivity contribution >= 4 is 11.8 Å². The third-order valence-electron chi connectivity index (χ3n) is 4.98. The number of ether oxygens (including phenoxy) is 1. The van der Waals surface area contributed by atoms with Crippen molar-refractivity contribution in [3.05, 3.63) is 54.4 Å². The molecule has 2 saturated heterocycles. The molecular formula is C18H19N5O3. The number of fused-ring (bicyclic) bond motifs is 1. The van der Waals surface area contributed by atoms with Gasteiger partial charge in [0.2, 0.25) is 0 Å². The van der Waals surface area contributed by atoms with Crippen LogP contribution in [0.25, 0.3) is 0 Å². The Balaban J connectivity index is 1.35. The molecule has 8 heteroatoms. The van der Waals surface area contributed by atoms with E-state index >= 15 is 0 Å². The molecule has 2 aromatic rings. The van der Waals surface area contributed by atoms with Gasteiger partial charge in [0.1, 0.15) is 5.69 Å². The quantitative estimate of drug-likeness (QED) is 0.854. The molecule has 3 atom stereocenters. The summed E-state index contributed by atoms with van der Waals surface area (Å²) in [6.45, 7) is 2.28. The standard InChI is InChI=1S/C18H19N5O3/c24-17(12-1-3-19-4-2-12)22-7-13-11-26-16-10-23(9-14(13)16)18(25)15-8-20-5-6-21-15/h1-6,8,13-14,16H,7,9-11H2,(H,22,24)/t13-,14+,16+/m0/s1. The summed E-state index contributed by atoms with van der Waals surface area (Å²) in [7, 11) is 0. The second-order valence-electron chi connectivity index (χ2n) is 6.54. The van der Waals surface area contributed by atoms with Crippen molar-refractivity contribution in [2.24, 2.45) is 11.8 Å². The molecule has 0 aromatic carbocycles. The van der Waals surface area contributed by atoms with Gasteiger partial charge in [0.25, 0.3) is 11.8 Å². The molecule has 4 rings (SSSR count). The number of nitrogens with one attached hydrogen (secondary N) is 1. The van der Waals surface area contributed by atoms with Crippen LogP contribution in [0.2, 0.25) is 0 Å². The first-order valence-corrected chi connectivity index (χ1v) is 8.57. The first-order valence-electron chi connectivity index (χ1n) is 8.57. The van der Waals surface area contributed by atoms with E-state index in [-0.39, 0.29) is 29.8 Å². The summed E-state index contributed by atoms with van der Waals surface area (Å²) in [5.41, 5.74) is 0.927. The Hall–Kier alpha value is -2.87. The van der Waals surface area contributed by atoms with Gasteiger partial charge in [0.15, 0.2) is 0 Å². The molecule has 0 unspecified atom stereocenters. The van der Waals surface area contributed by atoms with Crippen molar-refractivity contribution in [2.45, 2.75) is 6.10 Å². The lowest BCUT2D eigenvalue weighted by molar-refractivity contribution is 0.0669. The molecule has 2 amide bonds. The average Bonchev–Trinajstić information content (AvgIpc) is 3.28. The summed E-state index contributed by atoms with van der Waals surface area (Å²) in [5, 5.41) is 2.96. The van der Waals surface area contributed by atoms with Gasteiger partial charge in [-0.3, -0.25) is 19.6 Å². The Morgan fingerprint density at radius 2 is 2.00 bits per heavy atom. The van der Waals surface area contributed by atoms with Crippen LogP contribution in [0.1, 0.15) is 20.8 Å². The van der Waals surface area contributed by atoms with Gasteiger partial charge in [-0.15, -0.1) is 0 Å². The van der Waals surface area contributed by atoms with Crippen molar-refractivity contribution < 1.29 is 14.3 Å². The molecule has 4 heterocycles. The number of amides is 2. The highest BCUT2D eigenvalue weighted by atomic mass is 16.5. The third-order valence-corrected chi connectivity index (χ3v) is 4.98. The molecule has 2 aromatic heterocycles. The highest BCUT2D eigenvalue weighted by Crippen LogP contribution is 2.33. The van der Waals surface area contributed by atoms with Crippen LogP contribution in [0.15, 0.2) is 43.1 Å². The lowest BCUT2D eigenvalue weighted by Gasteiger charge is -2.19. The lowest BCUT2D eigenvalue weighted by Crippen LogP contribution is -2.35. The molecule has 0 aliphatic carbocycles. The number of carbonyl (C=O) groups excluding carboxylic acids is 2. The smallest absolute Gasteiger partial charge is 0.274 e. The maximum absolute atomic E-state index is 12.5. The number of rotatable bonds is 4. The Morgan fingerprint density at radius 1 is 1.15 bits per heavy atom. The maximum atomic E-state index is 12.5.